The van der Waals surface area contributed by atoms with Gasteiger partial charge in [0.05, 0.1) is 20.8 Å². The molecule has 0 unspecified atom stereocenters. The van der Waals surface area contributed by atoms with Crippen molar-refractivity contribution < 1.29 is 9.47 Å². The fraction of sp³-hybridized carbons (Fsp3) is 0.263. The van der Waals surface area contributed by atoms with Gasteiger partial charge in [0.2, 0.25) is 0 Å². The van der Waals surface area contributed by atoms with Crippen LogP contribution in [0.25, 0.3) is 0 Å². The molecule has 0 aliphatic carbocycles. The highest BCUT2D eigenvalue weighted by Gasteiger charge is 2.12. The number of aromatic nitrogens is 3. The molecular weight excluding hydrogens is 334 g/mol. The molecule has 6 heteroatoms. The molecule has 5 nitrogen and oxygen atoms in total. The summed E-state index contributed by atoms with van der Waals surface area (Å²) < 4.78 is 12.9. The summed E-state index contributed by atoms with van der Waals surface area (Å²) in [5.41, 5.74) is 2.30. The highest BCUT2D eigenvalue weighted by Crippen LogP contribution is 2.30. The van der Waals surface area contributed by atoms with E-state index in [-0.39, 0.29) is 0 Å². The lowest BCUT2D eigenvalue weighted by molar-refractivity contribution is 0.400. The molecule has 0 aliphatic rings. The van der Waals surface area contributed by atoms with Gasteiger partial charge in [0, 0.05) is 11.3 Å². The Morgan fingerprint density at radius 2 is 1.80 bits per heavy atom. The lowest BCUT2D eigenvalue weighted by Gasteiger charge is -2.11. The summed E-state index contributed by atoms with van der Waals surface area (Å²) in [6, 6.07) is 16.2. The molecule has 0 atom stereocenters. The van der Waals surface area contributed by atoms with E-state index < -0.39 is 0 Å². The monoisotopic (exact) mass is 355 g/mol. The van der Waals surface area contributed by atoms with Crippen LogP contribution < -0.4 is 9.47 Å². The molecule has 3 aromatic rings. The summed E-state index contributed by atoms with van der Waals surface area (Å²) in [5, 5.41) is 9.46. The van der Waals surface area contributed by atoms with Crippen molar-refractivity contribution in [1.82, 2.24) is 14.8 Å². The molecule has 0 saturated carbocycles. The fourth-order valence-electron chi connectivity index (χ4n) is 2.55. The molecule has 0 bridgehead atoms. The SMILES string of the molecule is COc1ccc(OC)c(CSc2nnc(C)n2Cc2ccccc2)c1. The van der Waals surface area contributed by atoms with Gasteiger partial charge in [-0.2, -0.15) is 0 Å². The van der Waals surface area contributed by atoms with Gasteiger partial charge in [-0.3, -0.25) is 0 Å². The average molecular weight is 355 g/mol. The maximum Gasteiger partial charge on any atom is 0.191 e. The molecule has 0 fully saturated rings. The Bertz CT molecular complexity index is 834. The number of benzene rings is 2. The molecule has 3 rings (SSSR count). The number of thioether (sulfide) groups is 1. The van der Waals surface area contributed by atoms with Crippen LogP contribution in [0, 0.1) is 6.92 Å². The molecule has 0 radical (unpaired) electrons. The minimum absolute atomic E-state index is 0.729. The van der Waals surface area contributed by atoms with E-state index in [0.717, 1.165) is 40.3 Å². The summed E-state index contributed by atoms with van der Waals surface area (Å²) in [6.45, 7) is 2.74. The van der Waals surface area contributed by atoms with Crippen molar-refractivity contribution in [2.24, 2.45) is 0 Å². The number of hydrogen-bond acceptors (Lipinski definition) is 5. The highest BCUT2D eigenvalue weighted by atomic mass is 32.2. The van der Waals surface area contributed by atoms with E-state index in [1.54, 1.807) is 26.0 Å². The van der Waals surface area contributed by atoms with Crippen LogP contribution >= 0.6 is 11.8 Å². The van der Waals surface area contributed by atoms with Crippen LogP contribution in [0.5, 0.6) is 11.5 Å². The van der Waals surface area contributed by atoms with Gasteiger partial charge in [-0.15, -0.1) is 10.2 Å². The summed E-state index contributed by atoms with van der Waals surface area (Å²) in [6.07, 6.45) is 0. The summed E-state index contributed by atoms with van der Waals surface area (Å²) in [5.74, 6) is 3.30. The van der Waals surface area contributed by atoms with Crippen molar-refractivity contribution >= 4 is 11.8 Å². The van der Waals surface area contributed by atoms with Crippen LogP contribution in [-0.2, 0) is 12.3 Å². The third-order valence-corrected chi connectivity index (χ3v) is 4.95. The van der Waals surface area contributed by atoms with Crippen LogP contribution in [0.4, 0.5) is 0 Å². The van der Waals surface area contributed by atoms with E-state index in [2.05, 4.69) is 26.9 Å². The topological polar surface area (TPSA) is 49.2 Å². The number of methoxy groups -OCH3 is 2. The van der Waals surface area contributed by atoms with Crippen molar-refractivity contribution in [3.63, 3.8) is 0 Å². The molecule has 0 saturated heterocycles. The van der Waals surface area contributed by atoms with Crippen LogP contribution in [0.2, 0.25) is 0 Å². The molecular formula is C19H21N3O2S. The second-order valence-electron chi connectivity index (χ2n) is 5.57. The maximum absolute atomic E-state index is 5.45. The summed E-state index contributed by atoms with van der Waals surface area (Å²) >= 11 is 1.64. The number of rotatable bonds is 7. The van der Waals surface area contributed by atoms with Crippen molar-refractivity contribution in [2.75, 3.05) is 14.2 Å². The van der Waals surface area contributed by atoms with Gasteiger partial charge in [-0.1, -0.05) is 42.1 Å². The zero-order valence-electron chi connectivity index (χ0n) is 14.6. The van der Waals surface area contributed by atoms with Crippen LogP contribution in [-0.4, -0.2) is 29.0 Å². The molecule has 1 heterocycles. The van der Waals surface area contributed by atoms with Gasteiger partial charge in [0.1, 0.15) is 17.3 Å². The van der Waals surface area contributed by atoms with Crippen LogP contribution in [0.1, 0.15) is 17.0 Å². The second-order valence-corrected chi connectivity index (χ2v) is 6.51. The van der Waals surface area contributed by atoms with Crippen molar-refractivity contribution in [1.29, 1.82) is 0 Å². The maximum atomic E-state index is 5.45. The second kappa shape index (κ2) is 8.07. The molecule has 0 amide bonds. The van der Waals surface area contributed by atoms with E-state index in [1.165, 1.54) is 5.56 Å². The van der Waals surface area contributed by atoms with Crippen LogP contribution in [0.15, 0.2) is 53.7 Å². The third-order valence-electron chi connectivity index (χ3n) is 3.93. The van der Waals surface area contributed by atoms with Crippen molar-refractivity contribution in [3.8, 4) is 11.5 Å². The molecule has 2 aromatic carbocycles. The Hall–Kier alpha value is -2.47. The fourth-order valence-corrected chi connectivity index (χ4v) is 3.51. The molecule has 0 aliphatic heterocycles. The molecule has 1 aromatic heterocycles. The minimum Gasteiger partial charge on any atom is -0.497 e. The quantitative estimate of drug-likeness (QED) is 0.601. The Kier molecular flexibility index (Phi) is 5.60. The van der Waals surface area contributed by atoms with E-state index in [1.807, 2.05) is 43.3 Å². The zero-order valence-corrected chi connectivity index (χ0v) is 15.4. The van der Waals surface area contributed by atoms with Crippen LogP contribution in [0.3, 0.4) is 0 Å². The first-order valence-electron chi connectivity index (χ1n) is 7.98. The zero-order chi connectivity index (χ0) is 17.6. The van der Waals surface area contributed by atoms with Gasteiger partial charge >= 0.3 is 0 Å². The standard InChI is InChI=1S/C19H21N3O2S/c1-14-20-21-19(22(14)12-15-7-5-4-6-8-15)25-13-16-11-17(23-2)9-10-18(16)24-3/h4-11H,12-13H2,1-3H3. The van der Waals surface area contributed by atoms with Crippen molar-refractivity contribution in [3.05, 3.63) is 65.5 Å². The normalized spacial score (nSPS) is 10.7. The first kappa shape index (κ1) is 17.4. The van der Waals surface area contributed by atoms with Gasteiger partial charge < -0.3 is 14.0 Å². The van der Waals surface area contributed by atoms with Gasteiger partial charge in [0.25, 0.3) is 0 Å². The first-order valence-corrected chi connectivity index (χ1v) is 8.97. The van der Waals surface area contributed by atoms with Gasteiger partial charge in [-0.05, 0) is 30.7 Å². The van der Waals surface area contributed by atoms with E-state index in [4.69, 9.17) is 9.47 Å². The van der Waals surface area contributed by atoms with E-state index >= 15 is 0 Å². The number of nitrogens with zero attached hydrogens (tertiary/aromatic N) is 3. The summed E-state index contributed by atoms with van der Waals surface area (Å²) in [4.78, 5) is 0. The Balaban J connectivity index is 1.78. The van der Waals surface area contributed by atoms with E-state index in [9.17, 15) is 0 Å². The van der Waals surface area contributed by atoms with Crippen molar-refractivity contribution in [2.45, 2.75) is 24.4 Å². The Labute approximate surface area is 152 Å². The number of hydrogen-bond donors (Lipinski definition) is 0. The largest absolute Gasteiger partial charge is 0.497 e. The minimum atomic E-state index is 0.729. The first-order chi connectivity index (χ1) is 12.2. The highest BCUT2D eigenvalue weighted by molar-refractivity contribution is 7.98. The number of aryl methyl sites for hydroxylation is 1. The van der Waals surface area contributed by atoms with Gasteiger partial charge in [-0.25, -0.2) is 0 Å². The lowest BCUT2D eigenvalue weighted by atomic mass is 10.2. The molecule has 0 spiro atoms. The lowest BCUT2D eigenvalue weighted by Crippen LogP contribution is -2.04. The Morgan fingerprint density at radius 1 is 1.00 bits per heavy atom. The smallest absolute Gasteiger partial charge is 0.191 e. The van der Waals surface area contributed by atoms with E-state index in [0.29, 0.717) is 0 Å². The predicted octanol–water partition coefficient (Wildman–Crippen LogP) is 3.94. The molecule has 0 N–H and O–H groups in total. The molecule has 130 valence electrons. The predicted molar refractivity (Wildman–Crippen MR) is 99.4 cm³/mol. The van der Waals surface area contributed by atoms with Gasteiger partial charge in [0.15, 0.2) is 5.16 Å². The Morgan fingerprint density at radius 3 is 2.52 bits per heavy atom. The summed E-state index contributed by atoms with van der Waals surface area (Å²) in [7, 11) is 3.34. The number of ether oxygens (including phenoxy) is 2. The molecule has 25 heavy (non-hydrogen) atoms. The average Bonchev–Trinajstić information content (AvgIpc) is 3.00. The third kappa shape index (κ3) is 4.14.